The van der Waals surface area contributed by atoms with Gasteiger partial charge < -0.3 is 14.7 Å². The summed E-state index contributed by atoms with van der Waals surface area (Å²) < 4.78 is 32.7. The zero-order valence-electron chi connectivity index (χ0n) is 15.1. The normalized spacial score (nSPS) is 13.5. The van der Waals surface area contributed by atoms with E-state index in [0.29, 0.717) is 22.8 Å². The third-order valence-corrected chi connectivity index (χ3v) is 5.69. The van der Waals surface area contributed by atoms with Gasteiger partial charge in [0.05, 0.1) is 23.2 Å². The highest BCUT2D eigenvalue weighted by Crippen LogP contribution is 2.30. The molecule has 0 aliphatic carbocycles. The van der Waals surface area contributed by atoms with Crippen LogP contribution in [-0.2, 0) is 21.2 Å². The molecule has 0 fully saturated rings. The second-order valence-electron chi connectivity index (χ2n) is 6.41. The van der Waals surface area contributed by atoms with Crippen molar-refractivity contribution in [2.45, 2.75) is 18.2 Å². The number of amides is 1. The molecule has 0 unspecified atom stereocenters. The molecule has 10 heteroatoms. The van der Waals surface area contributed by atoms with Crippen LogP contribution in [0.3, 0.4) is 0 Å². The summed E-state index contributed by atoms with van der Waals surface area (Å²) in [5.74, 6) is 1.31. The number of rotatable bonds is 5. The molecule has 144 valence electrons. The van der Waals surface area contributed by atoms with Crippen LogP contribution in [0.2, 0.25) is 0 Å². The number of likely N-dealkylation sites (N-methyl/N-ethyl adjacent to an activating group) is 1. The van der Waals surface area contributed by atoms with Crippen LogP contribution >= 0.6 is 0 Å². The number of hydrogen-bond donors (Lipinski definition) is 2. The molecule has 2 N–H and O–H groups in total. The molecule has 0 spiro atoms. The average Bonchev–Trinajstić information content (AvgIpc) is 3.19. The number of hydrogen-bond acceptors (Lipinski definition) is 7. The van der Waals surface area contributed by atoms with Crippen molar-refractivity contribution in [2.24, 2.45) is 0 Å². The van der Waals surface area contributed by atoms with E-state index in [4.69, 9.17) is 4.52 Å². The molecule has 1 aliphatic heterocycles. The van der Waals surface area contributed by atoms with Crippen LogP contribution in [0.5, 0.6) is 0 Å². The molecule has 0 saturated heterocycles. The van der Waals surface area contributed by atoms with Crippen LogP contribution in [0, 0.1) is 6.92 Å². The smallest absolute Gasteiger partial charge is 0.263 e. The van der Waals surface area contributed by atoms with Crippen LogP contribution < -0.4 is 14.9 Å². The fourth-order valence-electron chi connectivity index (χ4n) is 2.91. The van der Waals surface area contributed by atoms with Gasteiger partial charge in [-0.15, -0.1) is 0 Å². The molecular formula is C18H17N5O4S. The van der Waals surface area contributed by atoms with Gasteiger partial charge in [0.15, 0.2) is 5.82 Å². The number of nitrogens with zero attached hydrogens (tertiary/aromatic N) is 3. The first-order valence-electron chi connectivity index (χ1n) is 8.40. The number of anilines is 4. The Kier molecular flexibility index (Phi) is 4.27. The minimum Gasteiger partial charge on any atom is -0.360 e. The lowest BCUT2D eigenvalue weighted by atomic mass is 10.2. The minimum atomic E-state index is -3.83. The third kappa shape index (κ3) is 3.41. The number of carbonyl (C=O) groups is 1. The maximum atomic E-state index is 12.7. The Balaban J connectivity index is 1.50. The Labute approximate surface area is 161 Å². The molecule has 0 radical (unpaired) electrons. The first-order valence-corrected chi connectivity index (χ1v) is 9.89. The molecule has 0 atom stereocenters. The van der Waals surface area contributed by atoms with Gasteiger partial charge in [-0.25, -0.2) is 13.4 Å². The Morgan fingerprint density at radius 3 is 2.64 bits per heavy atom. The van der Waals surface area contributed by atoms with Crippen LogP contribution in [-0.4, -0.2) is 31.5 Å². The topological polar surface area (TPSA) is 117 Å². The number of carbonyl (C=O) groups excluding carboxylic acids is 1. The van der Waals surface area contributed by atoms with E-state index < -0.39 is 10.0 Å². The number of nitrogens with one attached hydrogen (secondary N) is 2. The maximum absolute atomic E-state index is 12.7. The number of aromatic nitrogens is 2. The average molecular weight is 399 g/mol. The quantitative estimate of drug-likeness (QED) is 0.676. The summed E-state index contributed by atoms with van der Waals surface area (Å²) in [6.45, 7) is 1.78. The van der Waals surface area contributed by atoms with Crippen molar-refractivity contribution in [3.63, 3.8) is 0 Å². The Bertz CT molecular complexity index is 1150. The van der Waals surface area contributed by atoms with E-state index in [2.05, 4.69) is 20.2 Å². The number of benzene rings is 1. The van der Waals surface area contributed by atoms with Crippen molar-refractivity contribution in [1.82, 2.24) is 10.1 Å². The van der Waals surface area contributed by atoms with Crippen molar-refractivity contribution in [3.05, 3.63) is 53.9 Å². The lowest BCUT2D eigenvalue weighted by Gasteiger charge is -2.12. The van der Waals surface area contributed by atoms with Crippen LogP contribution in [0.15, 0.2) is 52.0 Å². The van der Waals surface area contributed by atoms with Crippen LogP contribution in [0.4, 0.5) is 23.0 Å². The Morgan fingerprint density at radius 1 is 1.14 bits per heavy atom. The lowest BCUT2D eigenvalue weighted by Crippen LogP contribution is -2.20. The predicted octanol–water partition coefficient (Wildman–Crippen LogP) is 2.44. The van der Waals surface area contributed by atoms with E-state index in [9.17, 15) is 13.2 Å². The third-order valence-electron chi connectivity index (χ3n) is 4.34. The van der Waals surface area contributed by atoms with Gasteiger partial charge in [-0.2, -0.15) is 0 Å². The molecule has 28 heavy (non-hydrogen) atoms. The number of sulfonamides is 1. The summed E-state index contributed by atoms with van der Waals surface area (Å²) in [6, 6.07) is 9.56. The van der Waals surface area contributed by atoms with E-state index in [1.165, 1.54) is 29.3 Å². The van der Waals surface area contributed by atoms with E-state index >= 15 is 0 Å². The molecule has 9 nitrogen and oxygen atoms in total. The Morgan fingerprint density at radius 2 is 1.96 bits per heavy atom. The van der Waals surface area contributed by atoms with Gasteiger partial charge in [-0.3, -0.25) is 9.52 Å². The van der Waals surface area contributed by atoms with E-state index in [-0.39, 0.29) is 23.0 Å². The van der Waals surface area contributed by atoms with Gasteiger partial charge in [0, 0.05) is 18.8 Å². The van der Waals surface area contributed by atoms with Gasteiger partial charge in [-0.05, 0) is 42.8 Å². The highest BCUT2D eigenvalue weighted by molar-refractivity contribution is 7.92. The van der Waals surface area contributed by atoms with E-state index in [1.807, 2.05) is 0 Å². The molecule has 1 aromatic carbocycles. The molecule has 3 heterocycles. The summed E-state index contributed by atoms with van der Waals surface area (Å²) >= 11 is 0. The summed E-state index contributed by atoms with van der Waals surface area (Å²) in [5, 5.41) is 6.82. The highest BCUT2D eigenvalue weighted by Gasteiger charge is 2.26. The van der Waals surface area contributed by atoms with Gasteiger partial charge >= 0.3 is 0 Å². The minimum absolute atomic E-state index is 0.0652. The van der Waals surface area contributed by atoms with E-state index in [0.717, 1.165) is 5.69 Å². The van der Waals surface area contributed by atoms with Crippen molar-refractivity contribution < 1.29 is 17.7 Å². The zero-order valence-corrected chi connectivity index (χ0v) is 15.9. The first kappa shape index (κ1) is 18.0. The number of fused-ring (bicyclic) bond motifs is 1. The fourth-order valence-corrected chi connectivity index (χ4v) is 3.97. The van der Waals surface area contributed by atoms with Crippen molar-refractivity contribution >= 4 is 38.9 Å². The maximum Gasteiger partial charge on any atom is 0.263 e. The van der Waals surface area contributed by atoms with Gasteiger partial charge in [0.25, 0.3) is 10.0 Å². The largest absolute Gasteiger partial charge is 0.360 e. The molecule has 3 aromatic rings. The molecule has 1 amide bonds. The summed E-state index contributed by atoms with van der Waals surface area (Å²) in [4.78, 5) is 17.5. The van der Waals surface area contributed by atoms with Gasteiger partial charge in [0.1, 0.15) is 11.6 Å². The summed E-state index contributed by atoms with van der Waals surface area (Å²) in [6.07, 6.45) is 1.67. The second kappa shape index (κ2) is 6.64. The standard InChI is InChI=1S/C18H17N5O4S/c1-11-7-17(21-27-11)20-13-3-6-16(19-10-13)22-28(25,26)14-4-5-15-12(8-14)9-18(24)23(15)2/h3-8,10H,9H2,1-2H3,(H,19,22)(H,20,21). The van der Waals surface area contributed by atoms with Crippen molar-refractivity contribution in [2.75, 3.05) is 22.0 Å². The Hall–Kier alpha value is -3.40. The van der Waals surface area contributed by atoms with E-state index in [1.54, 1.807) is 32.2 Å². The predicted molar refractivity (Wildman–Crippen MR) is 103 cm³/mol. The molecule has 0 saturated carbocycles. The monoisotopic (exact) mass is 399 g/mol. The number of aryl methyl sites for hydroxylation is 1. The van der Waals surface area contributed by atoms with Crippen LogP contribution in [0.1, 0.15) is 11.3 Å². The lowest BCUT2D eigenvalue weighted by molar-refractivity contribution is -0.117. The van der Waals surface area contributed by atoms with Crippen molar-refractivity contribution in [1.29, 1.82) is 0 Å². The molecule has 0 bridgehead atoms. The molecule has 1 aliphatic rings. The zero-order chi connectivity index (χ0) is 19.9. The number of pyridine rings is 1. The second-order valence-corrected chi connectivity index (χ2v) is 8.09. The van der Waals surface area contributed by atoms with Gasteiger partial charge in [-0.1, -0.05) is 5.16 Å². The highest BCUT2D eigenvalue weighted by atomic mass is 32.2. The molecule has 2 aromatic heterocycles. The summed E-state index contributed by atoms with van der Waals surface area (Å²) in [5.41, 5.74) is 2.04. The fraction of sp³-hybridized carbons (Fsp3) is 0.167. The summed E-state index contributed by atoms with van der Waals surface area (Å²) in [7, 11) is -2.16. The molecule has 4 rings (SSSR count). The first-order chi connectivity index (χ1) is 13.3. The SMILES string of the molecule is Cc1cc(Nc2ccc(NS(=O)(=O)c3ccc4c(c3)CC(=O)N4C)nc2)no1. The van der Waals surface area contributed by atoms with Gasteiger partial charge in [0.2, 0.25) is 5.91 Å². The van der Waals surface area contributed by atoms with Crippen LogP contribution in [0.25, 0.3) is 0 Å². The molecular weight excluding hydrogens is 382 g/mol. The van der Waals surface area contributed by atoms with Crippen molar-refractivity contribution in [3.8, 4) is 0 Å².